The molecule has 0 spiro atoms. The second kappa shape index (κ2) is 4.87. The van der Waals surface area contributed by atoms with Crippen LogP contribution in [0, 0.1) is 0 Å². The molecule has 1 aromatic heterocycles. The van der Waals surface area contributed by atoms with Gasteiger partial charge >= 0.3 is 5.97 Å². The Balaban J connectivity index is 3.20. The maximum Gasteiger partial charge on any atom is 0.373 e. The number of carboxylic acid groups (broad SMARTS) is 1. The Morgan fingerprint density at radius 1 is 1.53 bits per heavy atom. The van der Waals surface area contributed by atoms with E-state index in [4.69, 9.17) is 9.52 Å². The van der Waals surface area contributed by atoms with Gasteiger partial charge in [0.2, 0.25) is 11.7 Å². The molecule has 1 aromatic rings. The molecule has 7 heteroatoms. The molecular formula is C10H15NO5S. The number of hydrogen-bond acceptors (Lipinski definition) is 5. The maximum absolute atomic E-state index is 11.3. The number of hydrogen-bond donors (Lipinski definition) is 1. The minimum absolute atomic E-state index is 0.0617. The molecular weight excluding hydrogens is 246 g/mol. The van der Waals surface area contributed by atoms with Gasteiger partial charge in [-0.15, -0.1) is 0 Å². The third-order valence-corrected chi connectivity index (χ3v) is 3.87. The fourth-order valence-corrected chi connectivity index (χ4v) is 1.77. The van der Waals surface area contributed by atoms with E-state index in [1.54, 1.807) is 0 Å². The lowest BCUT2D eigenvalue weighted by Crippen LogP contribution is -2.08. The molecule has 0 amide bonds. The molecule has 1 rings (SSSR count). The Morgan fingerprint density at radius 2 is 2.12 bits per heavy atom. The summed E-state index contributed by atoms with van der Waals surface area (Å²) in [5.74, 6) is -1.56. The smallest absolute Gasteiger partial charge is 0.373 e. The van der Waals surface area contributed by atoms with Gasteiger partial charge in [0.15, 0.2) is 9.84 Å². The third-order valence-electron chi connectivity index (χ3n) is 2.38. The molecule has 1 heterocycles. The Labute approximate surface area is 99.6 Å². The summed E-state index contributed by atoms with van der Waals surface area (Å²) in [6, 6.07) is 0. The van der Waals surface area contributed by atoms with Crippen LogP contribution in [-0.2, 0) is 16.3 Å². The van der Waals surface area contributed by atoms with Crippen LogP contribution < -0.4 is 0 Å². The highest BCUT2D eigenvalue weighted by molar-refractivity contribution is 7.90. The summed E-state index contributed by atoms with van der Waals surface area (Å²) >= 11 is 0. The van der Waals surface area contributed by atoms with Gasteiger partial charge in [0.05, 0.1) is 5.69 Å². The lowest BCUT2D eigenvalue weighted by molar-refractivity contribution is 0.0658. The summed E-state index contributed by atoms with van der Waals surface area (Å²) in [4.78, 5) is 14.9. The Hall–Kier alpha value is -1.37. The highest BCUT2D eigenvalue weighted by Crippen LogP contribution is 2.23. The van der Waals surface area contributed by atoms with E-state index in [-0.39, 0.29) is 11.7 Å². The fourth-order valence-electron chi connectivity index (χ4n) is 1.30. The molecule has 1 N–H and O–H groups in total. The van der Waals surface area contributed by atoms with Crippen molar-refractivity contribution >= 4 is 15.8 Å². The first-order chi connectivity index (χ1) is 7.77. The number of sulfone groups is 1. The molecule has 0 aliphatic heterocycles. The zero-order chi connectivity index (χ0) is 13.2. The second-order valence-electron chi connectivity index (χ2n) is 3.85. The molecule has 6 nitrogen and oxygen atoms in total. The van der Waals surface area contributed by atoms with E-state index < -0.39 is 21.1 Å². The van der Waals surface area contributed by atoms with Crippen LogP contribution in [0.1, 0.15) is 47.7 Å². The van der Waals surface area contributed by atoms with Gasteiger partial charge in [-0.1, -0.05) is 13.3 Å². The van der Waals surface area contributed by atoms with Crippen LogP contribution >= 0.6 is 0 Å². The Kier molecular flexibility index (Phi) is 3.92. The number of rotatable bonds is 5. The summed E-state index contributed by atoms with van der Waals surface area (Å²) in [7, 11) is -3.35. The predicted octanol–water partition coefficient (Wildman–Crippen LogP) is 1.43. The Morgan fingerprint density at radius 3 is 2.53 bits per heavy atom. The number of aromatic carboxylic acids is 1. The van der Waals surface area contributed by atoms with Gasteiger partial charge in [0.1, 0.15) is 5.25 Å². The van der Waals surface area contributed by atoms with Crippen LogP contribution in [0.15, 0.2) is 4.42 Å². The molecule has 0 aliphatic carbocycles. The molecule has 1 atom stereocenters. The summed E-state index contributed by atoms with van der Waals surface area (Å²) < 4.78 is 27.7. The van der Waals surface area contributed by atoms with E-state index in [9.17, 15) is 13.2 Å². The molecule has 0 saturated heterocycles. The van der Waals surface area contributed by atoms with Crippen molar-refractivity contribution in [1.29, 1.82) is 0 Å². The van der Waals surface area contributed by atoms with Crippen molar-refractivity contribution in [1.82, 2.24) is 4.98 Å². The third kappa shape index (κ3) is 3.06. The van der Waals surface area contributed by atoms with Gasteiger partial charge in [0, 0.05) is 6.26 Å². The molecule has 1 unspecified atom stereocenters. The largest absolute Gasteiger partial charge is 0.475 e. The number of aryl methyl sites for hydroxylation is 1. The molecule has 96 valence electrons. The van der Waals surface area contributed by atoms with Gasteiger partial charge in [-0.05, 0) is 13.3 Å². The monoisotopic (exact) mass is 261 g/mol. The SMILES string of the molecule is CCCc1nc(C(C)S(C)(=O)=O)oc1C(=O)O. The summed E-state index contributed by atoms with van der Waals surface area (Å²) in [6.45, 7) is 3.29. The van der Waals surface area contributed by atoms with Gasteiger partial charge in [-0.3, -0.25) is 0 Å². The molecule has 0 bridgehead atoms. The van der Waals surface area contributed by atoms with Crippen molar-refractivity contribution in [3.8, 4) is 0 Å². The van der Waals surface area contributed by atoms with E-state index in [0.717, 1.165) is 6.26 Å². The first-order valence-electron chi connectivity index (χ1n) is 5.19. The van der Waals surface area contributed by atoms with E-state index in [2.05, 4.69) is 4.98 Å². The van der Waals surface area contributed by atoms with Crippen LogP contribution in [0.3, 0.4) is 0 Å². The first kappa shape index (κ1) is 13.7. The van der Waals surface area contributed by atoms with Crippen LogP contribution in [-0.4, -0.2) is 30.7 Å². The minimum Gasteiger partial charge on any atom is -0.475 e. The van der Waals surface area contributed by atoms with Crippen LogP contribution in [0.25, 0.3) is 0 Å². The van der Waals surface area contributed by atoms with E-state index in [1.807, 2.05) is 6.92 Å². The lowest BCUT2D eigenvalue weighted by Gasteiger charge is -2.02. The van der Waals surface area contributed by atoms with Gasteiger partial charge < -0.3 is 9.52 Å². The minimum atomic E-state index is -3.35. The van der Waals surface area contributed by atoms with Crippen LogP contribution in [0.2, 0.25) is 0 Å². The molecule has 0 fully saturated rings. The topological polar surface area (TPSA) is 97.5 Å². The average molecular weight is 261 g/mol. The quantitative estimate of drug-likeness (QED) is 0.861. The number of carbonyl (C=O) groups is 1. The number of aromatic nitrogens is 1. The van der Waals surface area contributed by atoms with Crippen molar-refractivity contribution in [2.45, 2.75) is 31.9 Å². The van der Waals surface area contributed by atoms with Gasteiger partial charge in [0.25, 0.3) is 0 Å². The molecule has 0 saturated carbocycles. The van der Waals surface area contributed by atoms with Crippen LogP contribution in [0.4, 0.5) is 0 Å². The predicted molar refractivity (Wildman–Crippen MR) is 60.7 cm³/mol. The van der Waals surface area contributed by atoms with E-state index in [0.29, 0.717) is 18.5 Å². The first-order valence-corrected chi connectivity index (χ1v) is 7.14. The van der Waals surface area contributed by atoms with Crippen LogP contribution in [0.5, 0.6) is 0 Å². The second-order valence-corrected chi connectivity index (χ2v) is 6.22. The van der Waals surface area contributed by atoms with E-state index >= 15 is 0 Å². The van der Waals surface area contributed by atoms with Crippen molar-refractivity contribution in [3.63, 3.8) is 0 Å². The van der Waals surface area contributed by atoms with Gasteiger partial charge in [-0.25, -0.2) is 18.2 Å². The zero-order valence-electron chi connectivity index (χ0n) is 9.93. The molecule has 0 radical (unpaired) electrons. The number of nitrogens with zero attached hydrogens (tertiary/aromatic N) is 1. The lowest BCUT2D eigenvalue weighted by atomic mass is 10.2. The highest BCUT2D eigenvalue weighted by Gasteiger charge is 2.27. The standard InChI is InChI=1S/C10H15NO5S/c1-4-5-7-8(10(12)13)16-9(11-7)6(2)17(3,14)15/h6H,4-5H2,1-3H3,(H,12,13). The normalized spacial score (nSPS) is 13.6. The maximum atomic E-state index is 11.3. The van der Waals surface area contributed by atoms with Gasteiger partial charge in [-0.2, -0.15) is 0 Å². The highest BCUT2D eigenvalue weighted by atomic mass is 32.2. The van der Waals surface area contributed by atoms with Crippen molar-refractivity contribution in [3.05, 3.63) is 17.3 Å². The zero-order valence-corrected chi connectivity index (χ0v) is 10.7. The summed E-state index contributed by atoms with van der Waals surface area (Å²) in [5.41, 5.74) is 0.297. The van der Waals surface area contributed by atoms with E-state index in [1.165, 1.54) is 6.92 Å². The number of carboxylic acids is 1. The summed E-state index contributed by atoms with van der Waals surface area (Å²) in [5, 5.41) is 7.97. The molecule has 17 heavy (non-hydrogen) atoms. The fraction of sp³-hybridized carbons (Fsp3) is 0.600. The van der Waals surface area contributed by atoms with Crippen molar-refractivity contribution in [2.24, 2.45) is 0 Å². The summed E-state index contributed by atoms with van der Waals surface area (Å²) in [6.07, 6.45) is 2.21. The molecule has 0 aliphatic rings. The molecule has 0 aromatic carbocycles. The van der Waals surface area contributed by atoms with Crippen molar-refractivity contribution in [2.75, 3.05) is 6.26 Å². The number of oxazole rings is 1. The average Bonchev–Trinajstić information content (AvgIpc) is 2.60. The Bertz CT molecular complexity index is 517. The van der Waals surface area contributed by atoms with Crippen molar-refractivity contribution < 1.29 is 22.7 Å².